The van der Waals surface area contributed by atoms with Gasteiger partial charge in [-0.25, -0.2) is 0 Å². The van der Waals surface area contributed by atoms with Gasteiger partial charge in [0.25, 0.3) is 0 Å². The zero-order chi connectivity index (χ0) is 60.7. The highest BCUT2D eigenvalue weighted by molar-refractivity contribution is 5.90. The molecule has 2 aromatic rings. The Morgan fingerprint density at radius 1 is 0.756 bits per heavy atom. The summed E-state index contributed by atoms with van der Waals surface area (Å²) < 4.78 is 0. The fraction of sp³-hybridized carbons (Fsp3) is 0.590. The lowest BCUT2D eigenvalue weighted by atomic mass is 9.69. The molecule has 0 aromatic heterocycles. The van der Waals surface area contributed by atoms with Gasteiger partial charge in [-0.1, -0.05) is 296 Å². The second kappa shape index (κ2) is 44.6. The van der Waals surface area contributed by atoms with E-state index in [9.17, 15) is 0 Å². The molecule has 1 saturated carbocycles. The van der Waals surface area contributed by atoms with E-state index in [1.807, 2.05) is 55.4 Å². The molecule has 2 aromatic carbocycles. The van der Waals surface area contributed by atoms with Gasteiger partial charge >= 0.3 is 0 Å². The summed E-state index contributed by atoms with van der Waals surface area (Å²) in [6.07, 6.45) is 31.3. The maximum absolute atomic E-state index is 4.87. The number of hydrogen-bond acceptors (Lipinski definition) is 0. The number of allylic oxidation sites excluding steroid dienone is 17. The molecule has 0 bridgehead atoms. The molecular formula is C78H130. The number of benzene rings is 2. The van der Waals surface area contributed by atoms with Crippen molar-refractivity contribution in [3.63, 3.8) is 0 Å². The van der Waals surface area contributed by atoms with Crippen LogP contribution in [0.1, 0.15) is 283 Å². The Hall–Kier alpha value is -4.16. The van der Waals surface area contributed by atoms with Gasteiger partial charge in [-0.15, -0.1) is 6.58 Å². The van der Waals surface area contributed by atoms with Crippen LogP contribution in [0.2, 0.25) is 0 Å². The van der Waals surface area contributed by atoms with Crippen molar-refractivity contribution in [2.24, 2.45) is 29.1 Å². The molecule has 4 aliphatic rings. The lowest BCUT2D eigenvalue weighted by Crippen LogP contribution is -2.23. The van der Waals surface area contributed by atoms with Crippen LogP contribution >= 0.6 is 0 Å². The molecule has 4 unspecified atom stereocenters. The van der Waals surface area contributed by atoms with Crippen molar-refractivity contribution in [1.82, 2.24) is 0 Å². The Kier molecular flexibility index (Phi) is 44.6. The van der Waals surface area contributed by atoms with Gasteiger partial charge in [0.05, 0.1) is 0 Å². The molecule has 4 atom stereocenters. The van der Waals surface area contributed by atoms with E-state index in [0.29, 0.717) is 5.92 Å². The van der Waals surface area contributed by atoms with Crippen LogP contribution in [0.3, 0.4) is 0 Å². The molecule has 0 N–H and O–H groups in total. The van der Waals surface area contributed by atoms with Crippen molar-refractivity contribution in [2.45, 2.75) is 276 Å². The highest BCUT2D eigenvalue weighted by Crippen LogP contribution is 2.55. The third-order valence-electron chi connectivity index (χ3n) is 16.7. The summed E-state index contributed by atoms with van der Waals surface area (Å²) in [6.45, 7) is 70.2. The minimum Gasteiger partial charge on any atom is -0.102 e. The van der Waals surface area contributed by atoms with Gasteiger partial charge < -0.3 is 0 Å². The first-order valence-electron chi connectivity index (χ1n) is 32.2. The minimum atomic E-state index is 0.192. The Morgan fingerprint density at radius 2 is 1.31 bits per heavy atom. The second-order valence-electron chi connectivity index (χ2n) is 22.1. The molecule has 0 radical (unpaired) electrons. The average molecular weight is 1070 g/mol. The fourth-order valence-corrected chi connectivity index (χ4v) is 10.2. The Bertz CT molecular complexity index is 2190. The minimum absolute atomic E-state index is 0.192. The van der Waals surface area contributed by atoms with Crippen LogP contribution in [0.25, 0.3) is 5.57 Å². The van der Waals surface area contributed by atoms with E-state index in [4.69, 9.17) is 6.58 Å². The van der Waals surface area contributed by atoms with Gasteiger partial charge in [0, 0.05) is 11.8 Å². The third-order valence-corrected chi connectivity index (χ3v) is 16.7. The first kappa shape index (κ1) is 78.1. The first-order chi connectivity index (χ1) is 37.3. The van der Waals surface area contributed by atoms with E-state index in [1.165, 1.54) is 161 Å². The maximum Gasteiger partial charge on any atom is 0.00820 e. The largest absolute Gasteiger partial charge is 0.102 e. The Balaban J connectivity index is -0.00000125. The predicted molar refractivity (Wildman–Crippen MR) is 364 cm³/mol. The summed E-state index contributed by atoms with van der Waals surface area (Å²) in [5.74, 6) is 2.77. The third kappa shape index (κ3) is 25.5. The van der Waals surface area contributed by atoms with E-state index in [1.54, 1.807) is 5.57 Å². The van der Waals surface area contributed by atoms with Gasteiger partial charge in [-0.05, 0) is 178 Å². The molecule has 0 nitrogen and oxygen atoms in total. The molecule has 0 aliphatic heterocycles. The van der Waals surface area contributed by atoms with E-state index < -0.39 is 0 Å². The molecule has 0 spiro atoms. The molecule has 1 fully saturated rings. The second-order valence-corrected chi connectivity index (χ2v) is 22.1. The quantitative estimate of drug-likeness (QED) is 0.147. The number of aryl methyl sites for hydroxylation is 3. The molecule has 78 heavy (non-hydrogen) atoms. The van der Waals surface area contributed by atoms with Gasteiger partial charge in [-0.3, -0.25) is 0 Å². The van der Waals surface area contributed by atoms with Crippen LogP contribution in [0.4, 0.5) is 0 Å². The SMILES string of the molecule is C=CC1=C(C)C(C2=C(c3ccc(C)cc3)C(C)C(/C(C)=C\C)=C2C(=C)CC(C=C)c2cc(C)ccc2C)=C(C)C(C)C1.CC.CC.CC.CC.CCC(C)CC.CCC1(C)CCC1.CCC1=CC=CCC1.CCCC(C)CC. The molecule has 442 valence electrons. The summed E-state index contributed by atoms with van der Waals surface area (Å²) in [5.41, 5.74) is 22.5. The standard InChI is InChI=1S/C42H50.C8H12.C7H14.C7H16.C6H14.4C2H6/c1-13-27(6)38-33(12)41(36-20-17-25(4)18-21-36)42(40-31(10)29(8)23-34(14-2)32(40)11)39(38)30(9)24-35(15-3)37-22-26(5)16-19-28(37)7;1-2-8-6-4-3-5-7-8;1-3-7(2)5-4-6-7;1-4-6-7(3)5-2;1-4-6(3)5-2;4*1-2/h13-22,29,33,35H,2-3,9,23-24H2,1,4-8,10-12H3;3-4,6H,2,5,7H2,1H3;3-6H2,1-2H3;7H,4-6H2,1-3H3;6H,4-5H2,1-3H3;4*1-2H3/b27-13-;;;;;;;;. The average Bonchev–Trinajstić information content (AvgIpc) is 3.77. The van der Waals surface area contributed by atoms with Gasteiger partial charge in [-0.2, -0.15) is 0 Å². The molecule has 4 aliphatic carbocycles. The van der Waals surface area contributed by atoms with Crippen LogP contribution in [-0.4, -0.2) is 0 Å². The van der Waals surface area contributed by atoms with Crippen molar-refractivity contribution in [2.75, 3.05) is 0 Å². The van der Waals surface area contributed by atoms with E-state index >= 15 is 0 Å². The monoisotopic (exact) mass is 1070 g/mol. The zero-order valence-electron chi connectivity index (χ0n) is 56.9. The van der Waals surface area contributed by atoms with Crippen LogP contribution in [0, 0.1) is 49.9 Å². The van der Waals surface area contributed by atoms with E-state index in [-0.39, 0.29) is 11.8 Å². The van der Waals surface area contributed by atoms with Crippen LogP contribution in [-0.2, 0) is 0 Å². The van der Waals surface area contributed by atoms with Crippen LogP contribution < -0.4 is 0 Å². The maximum atomic E-state index is 4.87. The number of rotatable bonds is 16. The van der Waals surface area contributed by atoms with Crippen molar-refractivity contribution < 1.29 is 0 Å². The first-order valence-corrected chi connectivity index (χ1v) is 32.2. The lowest BCUT2D eigenvalue weighted by Gasteiger charge is -2.37. The summed E-state index contributed by atoms with van der Waals surface area (Å²) in [5, 5.41) is 0. The summed E-state index contributed by atoms with van der Waals surface area (Å²) in [7, 11) is 0. The Labute approximate surface area is 490 Å². The molecule has 0 heteroatoms. The Morgan fingerprint density at radius 3 is 1.68 bits per heavy atom. The summed E-state index contributed by atoms with van der Waals surface area (Å²) in [4.78, 5) is 0. The molecule has 0 heterocycles. The molecule has 0 amide bonds. The lowest BCUT2D eigenvalue weighted by molar-refractivity contribution is 0.155. The highest BCUT2D eigenvalue weighted by Gasteiger charge is 2.38. The molecular weight excluding hydrogens is 937 g/mol. The topological polar surface area (TPSA) is 0 Å². The highest BCUT2D eigenvalue weighted by atomic mass is 14.4. The molecule has 0 saturated heterocycles. The number of hydrogen-bond donors (Lipinski definition) is 0. The van der Waals surface area contributed by atoms with Gasteiger partial charge in [0.15, 0.2) is 0 Å². The summed E-state index contributed by atoms with van der Waals surface area (Å²) in [6, 6.07) is 15.9. The molecule has 6 rings (SSSR count). The predicted octanol–water partition coefficient (Wildman–Crippen LogP) is 26.7. The van der Waals surface area contributed by atoms with E-state index in [2.05, 4.69) is 217 Å². The van der Waals surface area contributed by atoms with Crippen molar-refractivity contribution in [3.05, 3.63) is 182 Å². The van der Waals surface area contributed by atoms with E-state index in [0.717, 1.165) is 30.1 Å². The van der Waals surface area contributed by atoms with Gasteiger partial charge in [0.2, 0.25) is 0 Å². The van der Waals surface area contributed by atoms with Crippen LogP contribution in [0.5, 0.6) is 0 Å². The smallest absolute Gasteiger partial charge is 0.00820 e. The fourth-order valence-electron chi connectivity index (χ4n) is 10.2. The zero-order valence-corrected chi connectivity index (χ0v) is 56.9. The van der Waals surface area contributed by atoms with Crippen molar-refractivity contribution in [1.29, 1.82) is 0 Å². The van der Waals surface area contributed by atoms with Crippen molar-refractivity contribution in [3.8, 4) is 0 Å². The van der Waals surface area contributed by atoms with Crippen molar-refractivity contribution >= 4 is 5.57 Å². The summed E-state index contributed by atoms with van der Waals surface area (Å²) >= 11 is 0. The van der Waals surface area contributed by atoms with Crippen LogP contribution in [0.15, 0.2) is 154 Å². The van der Waals surface area contributed by atoms with Gasteiger partial charge in [0.1, 0.15) is 0 Å². The normalized spacial score (nSPS) is 17.6.